The molecule has 0 spiro atoms. The first-order valence-corrected chi connectivity index (χ1v) is 11.2. The number of nitrogens with zero attached hydrogens (tertiary/aromatic N) is 1. The summed E-state index contributed by atoms with van der Waals surface area (Å²) in [6.07, 6.45) is 6.49. The van der Waals surface area contributed by atoms with Crippen molar-refractivity contribution in [3.05, 3.63) is 35.4 Å². The molecule has 0 aromatic heterocycles. The molecule has 29 heavy (non-hydrogen) atoms. The van der Waals surface area contributed by atoms with E-state index in [0.29, 0.717) is 12.5 Å². The maximum Gasteiger partial charge on any atom is 0.228 e. The van der Waals surface area contributed by atoms with Gasteiger partial charge >= 0.3 is 0 Å². The van der Waals surface area contributed by atoms with Crippen LogP contribution in [0.15, 0.2) is 24.3 Å². The first kappa shape index (κ1) is 20.4. The normalized spacial score (nSPS) is 29.9. The Hall–Kier alpha value is -1.92. The zero-order valence-electron chi connectivity index (χ0n) is 17.3. The van der Waals surface area contributed by atoms with E-state index in [-0.39, 0.29) is 23.1 Å². The molecule has 2 heterocycles. The summed E-state index contributed by atoms with van der Waals surface area (Å²) < 4.78 is 0. The Balaban J connectivity index is 1.34. The largest absolute Gasteiger partial charge is 0.369 e. The van der Waals surface area contributed by atoms with Crippen molar-refractivity contribution in [2.45, 2.75) is 51.6 Å². The van der Waals surface area contributed by atoms with E-state index in [9.17, 15) is 9.59 Å². The van der Waals surface area contributed by atoms with Crippen LogP contribution in [0.25, 0.3) is 0 Å². The highest BCUT2D eigenvalue weighted by molar-refractivity contribution is 5.83. The fraction of sp³-hybridized carbons (Fsp3) is 0.652. The number of primary amides is 1. The molecule has 3 atom stereocenters. The van der Waals surface area contributed by atoms with Crippen molar-refractivity contribution in [3.8, 4) is 0 Å². The predicted octanol–water partition coefficient (Wildman–Crippen LogP) is 1.78. The summed E-state index contributed by atoms with van der Waals surface area (Å²) in [5.41, 5.74) is 7.66. The number of nitrogens with two attached hydrogens (primary N) is 1. The van der Waals surface area contributed by atoms with Crippen LogP contribution < -0.4 is 16.4 Å². The Morgan fingerprint density at radius 3 is 2.93 bits per heavy atom. The molecule has 1 unspecified atom stereocenters. The van der Waals surface area contributed by atoms with Crippen molar-refractivity contribution in [3.63, 3.8) is 0 Å². The van der Waals surface area contributed by atoms with Gasteiger partial charge < -0.3 is 16.4 Å². The molecule has 4 N–H and O–H groups in total. The number of rotatable bonds is 6. The number of hydrogen-bond acceptors (Lipinski definition) is 4. The fourth-order valence-electron chi connectivity index (χ4n) is 5.58. The first-order chi connectivity index (χ1) is 14.1. The molecule has 6 heteroatoms. The van der Waals surface area contributed by atoms with Gasteiger partial charge in [-0.2, -0.15) is 0 Å². The Kier molecular flexibility index (Phi) is 6.20. The molecule has 6 nitrogen and oxygen atoms in total. The zero-order valence-corrected chi connectivity index (χ0v) is 17.3. The Morgan fingerprint density at radius 1 is 1.21 bits per heavy atom. The summed E-state index contributed by atoms with van der Waals surface area (Å²) in [6, 6.07) is 8.44. The lowest BCUT2D eigenvalue weighted by Crippen LogP contribution is -2.47. The van der Waals surface area contributed by atoms with Gasteiger partial charge in [0.1, 0.15) is 0 Å². The molecule has 1 aliphatic carbocycles. The number of hydrogen-bond donors (Lipinski definition) is 3. The van der Waals surface area contributed by atoms with Gasteiger partial charge in [0, 0.05) is 26.2 Å². The second-order valence-electron chi connectivity index (χ2n) is 9.21. The number of likely N-dealkylation sites (tertiary alicyclic amines) is 1. The average molecular weight is 399 g/mol. The van der Waals surface area contributed by atoms with Crippen molar-refractivity contribution in [1.29, 1.82) is 0 Å². The van der Waals surface area contributed by atoms with E-state index in [4.69, 9.17) is 5.73 Å². The van der Waals surface area contributed by atoms with Gasteiger partial charge in [-0.3, -0.25) is 14.5 Å². The molecule has 0 radical (unpaired) electrons. The van der Waals surface area contributed by atoms with E-state index in [1.807, 2.05) is 0 Å². The molecule has 2 aliphatic heterocycles. The highest BCUT2D eigenvalue weighted by atomic mass is 16.2. The van der Waals surface area contributed by atoms with Crippen molar-refractivity contribution >= 4 is 11.8 Å². The topological polar surface area (TPSA) is 87.5 Å². The van der Waals surface area contributed by atoms with Crippen LogP contribution in [0.2, 0.25) is 0 Å². The molecule has 1 aromatic rings. The standard InChI is InChI=1S/C23H34N4O2/c24-21(28)19-7-4-10-27(15-19)14-18-6-3-5-17(11-18)12-26-22(29)23-9-2-1-8-20(23)13-25-16-23/h3,5-6,11,19-20,25H,1-2,4,7-10,12-16H2,(H2,24,28)(H,26,29)/t19?,20-,23+/m0/s1. The van der Waals surface area contributed by atoms with Crippen molar-refractivity contribution in [2.24, 2.45) is 23.0 Å². The van der Waals surface area contributed by atoms with Crippen LogP contribution in [0.4, 0.5) is 0 Å². The molecule has 158 valence electrons. The molecule has 0 bridgehead atoms. The monoisotopic (exact) mass is 398 g/mol. The second-order valence-corrected chi connectivity index (χ2v) is 9.21. The Labute approximate surface area is 173 Å². The summed E-state index contributed by atoms with van der Waals surface area (Å²) in [5.74, 6) is 0.486. The van der Waals surface area contributed by atoms with Crippen molar-refractivity contribution in [1.82, 2.24) is 15.5 Å². The van der Waals surface area contributed by atoms with Gasteiger partial charge in [0.2, 0.25) is 11.8 Å². The highest BCUT2D eigenvalue weighted by Gasteiger charge is 2.49. The molecule has 3 aliphatic rings. The maximum atomic E-state index is 13.1. The van der Waals surface area contributed by atoms with Crippen molar-refractivity contribution in [2.75, 3.05) is 26.2 Å². The Bertz CT molecular complexity index is 752. The summed E-state index contributed by atoms with van der Waals surface area (Å²) in [7, 11) is 0. The van der Waals surface area contributed by atoms with Crippen LogP contribution in [-0.4, -0.2) is 42.9 Å². The number of amides is 2. The number of piperidine rings is 1. The van der Waals surface area contributed by atoms with Crippen molar-refractivity contribution < 1.29 is 9.59 Å². The molecule has 4 rings (SSSR count). The predicted molar refractivity (Wildman–Crippen MR) is 113 cm³/mol. The highest BCUT2D eigenvalue weighted by Crippen LogP contribution is 2.43. The SMILES string of the molecule is NC(=O)C1CCCN(Cc2cccc(CNC(=O)[C@@]34CCCC[C@H]3CNC4)c2)C1. The minimum absolute atomic E-state index is 0.0334. The number of nitrogens with one attached hydrogen (secondary N) is 2. The molecular weight excluding hydrogens is 364 g/mol. The molecule has 1 aromatic carbocycles. The van der Waals surface area contributed by atoms with Gasteiger partial charge in [0.15, 0.2) is 0 Å². The molecule has 3 fully saturated rings. The van der Waals surface area contributed by atoms with Crippen LogP contribution in [0.5, 0.6) is 0 Å². The number of carbonyl (C=O) groups excluding carboxylic acids is 2. The lowest BCUT2D eigenvalue weighted by Gasteiger charge is -2.37. The smallest absolute Gasteiger partial charge is 0.228 e. The number of fused-ring (bicyclic) bond motifs is 1. The van der Waals surface area contributed by atoms with E-state index < -0.39 is 0 Å². The lowest BCUT2D eigenvalue weighted by molar-refractivity contribution is -0.134. The fourth-order valence-corrected chi connectivity index (χ4v) is 5.58. The van der Waals surface area contributed by atoms with Crippen LogP contribution in [0, 0.1) is 17.3 Å². The van der Waals surface area contributed by atoms with Crippen LogP contribution in [0.3, 0.4) is 0 Å². The van der Waals surface area contributed by atoms with E-state index >= 15 is 0 Å². The van der Waals surface area contributed by atoms with Gasteiger partial charge in [-0.05, 0) is 55.8 Å². The quantitative estimate of drug-likeness (QED) is 0.682. The van der Waals surface area contributed by atoms with Gasteiger partial charge in [-0.15, -0.1) is 0 Å². The third-order valence-corrected chi connectivity index (χ3v) is 7.25. The van der Waals surface area contributed by atoms with Crippen LogP contribution >= 0.6 is 0 Å². The summed E-state index contributed by atoms with van der Waals surface area (Å²) in [5, 5.41) is 6.68. The zero-order chi connectivity index (χ0) is 20.3. The van der Waals surface area contributed by atoms with Gasteiger partial charge in [0.25, 0.3) is 0 Å². The average Bonchev–Trinajstić information content (AvgIpc) is 3.18. The summed E-state index contributed by atoms with van der Waals surface area (Å²) in [4.78, 5) is 26.9. The summed E-state index contributed by atoms with van der Waals surface area (Å²) in [6.45, 7) is 4.94. The van der Waals surface area contributed by atoms with E-state index in [1.165, 1.54) is 12.0 Å². The van der Waals surface area contributed by atoms with Crippen LogP contribution in [-0.2, 0) is 22.7 Å². The second kappa shape index (κ2) is 8.84. The minimum Gasteiger partial charge on any atom is -0.369 e. The Morgan fingerprint density at radius 2 is 2.07 bits per heavy atom. The van der Waals surface area contributed by atoms with Gasteiger partial charge in [-0.25, -0.2) is 0 Å². The lowest BCUT2D eigenvalue weighted by atomic mass is 9.67. The molecule has 2 saturated heterocycles. The van der Waals surface area contributed by atoms with Crippen LogP contribution in [0.1, 0.15) is 49.7 Å². The van der Waals surface area contributed by atoms with Gasteiger partial charge in [-0.1, -0.05) is 37.1 Å². The van der Waals surface area contributed by atoms with E-state index in [1.54, 1.807) is 0 Å². The number of carbonyl (C=O) groups is 2. The first-order valence-electron chi connectivity index (χ1n) is 11.2. The van der Waals surface area contributed by atoms with Gasteiger partial charge in [0.05, 0.1) is 11.3 Å². The maximum absolute atomic E-state index is 13.1. The molecule has 1 saturated carbocycles. The third kappa shape index (κ3) is 4.48. The van der Waals surface area contributed by atoms with E-state index in [2.05, 4.69) is 39.8 Å². The third-order valence-electron chi connectivity index (χ3n) is 7.25. The van der Waals surface area contributed by atoms with E-state index in [0.717, 1.165) is 70.4 Å². The number of benzene rings is 1. The minimum atomic E-state index is -0.201. The molecule has 2 amide bonds. The molecular formula is C23H34N4O2. The summed E-state index contributed by atoms with van der Waals surface area (Å²) >= 11 is 0.